The Bertz CT molecular complexity index is 617. The molecule has 0 N–H and O–H groups in total. The normalized spacial score (nSPS) is 20.2. The van der Waals surface area contributed by atoms with Crippen molar-refractivity contribution in [1.82, 2.24) is 4.31 Å². The van der Waals surface area contributed by atoms with Gasteiger partial charge in [0.2, 0.25) is 10.0 Å². The maximum Gasteiger partial charge on any atom is 0.310 e. The van der Waals surface area contributed by atoms with Gasteiger partial charge < -0.3 is 4.74 Å². The number of nitrogens with zero attached hydrogens (tertiary/aromatic N) is 1. The molecule has 116 valence electrons. The SMILES string of the molecule is CCOC(=O)[C@@H]1CCCN(S(=O)(=O)c2cccc(Br)c2)C1. The minimum absolute atomic E-state index is 0.188. The number of esters is 1. The molecule has 0 aromatic heterocycles. The van der Waals surface area contributed by atoms with Gasteiger partial charge in [0, 0.05) is 17.6 Å². The Labute approximate surface area is 133 Å². The third-order valence-electron chi connectivity index (χ3n) is 3.44. The second kappa shape index (κ2) is 6.89. The van der Waals surface area contributed by atoms with Crippen molar-refractivity contribution in [3.63, 3.8) is 0 Å². The molecule has 0 unspecified atom stereocenters. The summed E-state index contributed by atoms with van der Waals surface area (Å²) >= 11 is 3.28. The molecule has 1 aromatic rings. The number of rotatable bonds is 4. The van der Waals surface area contributed by atoms with E-state index in [1.54, 1.807) is 31.2 Å². The van der Waals surface area contributed by atoms with Crippen molar-refractivity contribution in [2.45, 2.75) is 24.7 Å². The monoisotopic (exact) mass is 375 g/mol. The minimum atomic E-state index is -3.57. The van der Waals surface area contributed by atoms with Gasteiger partial charge in [0.25, 0.3) is 0 Å². The molecular weight excluding hydrogens is 358 g/mol. The fraction of sp³-hybridized carbons (Fsp3) is 0.500. The van der Waals surface area contributed by atoms with Crippen LogP contribution in [0.15, 0.2) is 33.6 Å². The van der Waals surface area contributed by atoms with E-state index in [0.29, 0.717) is 30.5 Å². The number of halogens is 1. The molecule has 1 aromatic carbocycles. The molecule has 0 amide bonds. The number of hydrogen-bond donors (Lipinski definition) is 0. The maximum absolute atomic E-state index is 12.6. The average Bonchev–Trinajstić information content (AvgIpc) is 2.47. The summed E-state index contributed by atoms with van der Waals surface area (Å²) in [6.07, 6.45) is 1.33. The summed E-state index contributed by atoms with van der Waals surface area (Å²) in [6, 6.07) is 6.60. The zero-order valence-corrected chi connectivity index (χ0v) is 14.2. The van der Waals surface area contributed by atoms with Crippen molar-refractivity contribution >= 4 is 31.9 Å². The first-order chi connectivity index (χ1) is 9.95. The first-order valence-electron chi connectivity index (χ1n) is 6.87. The lowest BCUT2D eigenvalue weighted by Crippen LogP contribution is -2.42. The Morgan fingerprint density at radius 2 is 2.24 bits per heavy atom. The summed E-state index contributed by atoms with van der Waals surface area (Å²) in [5, 5.41) is 0. The number of benzene rings is 1. The van der Waals surface area contributed by atoms with E-state index in [4.69, 9.17) is 4.74 Å². The summed E-state index contributed by atoms with van der Waals surface area (Å²) in [7, 11) is -3.57. The third kappa shape index (κ3) is 3.84. The Morgan fingerprint density at radius 1 is 1.48 bits per heavy atom. The summed E-state index contributed by atoms with van der Waals surface area (Å²) in [5.41, 5.74) is 0. The van der Waals surface area contributed by atoms with E-state index in [9.17, 15) is 13.2 Å². The van der Waals surface area contributed by atoms with Crippen LogP contribution in [0.3, 0.4) is 0 Å². The largest absolute Gasteiger partial charge is 0.466 e. The molecule has 1 aliphatic rings. The number of carbonyl (C=O) groups excluding carboxylic acids is 1. The molecule has 0 aliphatic carbocycles. The summed E-state index contributed by atoms with van der Waals surface area (Å²) in [4.78, 5) is 12.0. The minimum Gasteiger partial charge on any atom is -0.466 e. The zero-order chi connectivity index (χ0) is 15.5. The van der Waals surface area contributed by atoms with Crippen LogP contribution in [0.5, 0.6) is 0 Å². The smallest absolute Gasteiger partial charge is 0.310 e. The first kappa shape index (κ1) is 16.5. The Morgan fingerprint density at radius 3 is 2.90 bits per heavy atom. The molecule has 5 nitrogen and oxygen atoms in total. The van der Waals surface area contributed by atoms with Crippen LogP contribution in [0, 0.1) is 5.92 Å². The molecule has 0 saturated carbocycles. The van der Waals surface area contributed by atoms with E-state index in [1.807, 2.05) is 0 Å². The van der Waals surface area contributed by atoms with Crippen molar-refractivity contribution in [1.29, 1.82) is 0 Å². The van der Waals surface area contributed by atoms with Gasteiger partial charge in [-0.2, -0.15) is 4.31 Å². The number of sulfonamides is 1. The second-order valence-corrected chi connectivity index (χ2v) is 7.77. The van der Waals surface area contributed by atoms with Crippen LogP contribution in [0.1, 0.15) is 19.8 Å². The van der Waals surface area contributed by atoms with Crippen molar-refractivity contribution in [2.75, 3.05) is 19.7 Å². The molecule has 1 fully saturated rings. The van der Waals surface area contributed by atoms with Gasteiger partial charge in [0.1, 0.15) is 0 Å². The molecule has 21 heavy (non-hydrogen) atoms. The van der Waals surface area contributed by atoms with E-state index in [-0.39, 0.29) is 23.3 Å². The van der Waals surface area contributed by atoms with Crippen LogP contribution in [0.25, 0.3) is 0 Å². The number of carbonyl (C=O) groups is 1. The van der Waals surface area contributed by atoms with Crippen LogP contribution in [0.4, 0.5) is 0 Å². The van der Waals surface area contributed by atoms with Gasteiger partial charge in [-0.3, -0.25) is 4.79 Å². The topological polar surface area (TPSA) is 63.7 Å². The van der Waals surface area contributed by atoms with Crippen LogP contribution in [-0.4, -0.2) is 38.4 Å². The third-order valence-corrected chi connectivity index (χ3v) is 5.79. The van der Waals surface area contributed by atoms with Gasteiger partial charge in [-0.05, 0) is 38.0 Å². The summed E-state index contributed by atoms with van der Waals surface area (Å²) in [6.45, 7) is 2.68. The predicted molar refractivity (Wildman–Crippen MR) is 82.3 cm³/mol. The standard InChI is InChI=1S/C14H18BrNO4S/c1-2-20-14(17)11-5-4-8-16(10-11)21(18,19)13-7-3-6-12(15)9-13/h3,6-7,9,11H,2,4-5,8,10H2,1H3/t11-/m1/s1. The van der Waals surface area contributed by atoms with Gasteiger partial charge in [-0.15, -0.1) is 0 Å². The lowest BCUT2D eigenvalue weighted by Gasteiger charge is -2.30. The van der Waals surface area contributed by atoms with Crippen LogP contribution >= 0.6 is 15.9 Å². The molecule has 7 heteroatoms. The van der Waals surface area contributed by atoms with E-state index in [1.165, 1.54) is 4.31 Å². The van der Waals surface area contributed by atoms with Gasteiger partial charge in [-0.25, -0.2) is 8.42 Å². The molecule has 0 bridgehead atoms. The van der Waals surface area contributed by atoms with Crippen LogP contribution in [-0.2, 0) is 19.6 Å². The fourth-order valence-corrected chi connectivity index (χ4v) is 4.51. The Hall–Kier alpha value is -0.920. The highest BCUT2D eigenvalue weighted by atomic mass is 79.9. The highest BCUT2D eigenvalue weighted by Gasteiger charge is 2.33. The predicted octanol–water partition coefficient (Wildman–Crippen LogP) is 2.41. The van der Waals surface area contributed by atoms with E-state index in [2.05, 4.69) is 15.9 Å². The molecule has 2 rings (SSSR count). The van der Waals surface area contributed by atoms with Gasteiger partial charge in [-0.1, -0.05) is 22.0 Å². The highest BCUT2D eigenvalue weighted by molar-refractivity contribution is 9.10. The number of hydrogen-bond acceptors (Lipinski definition) is 4. The number of piperidine rings is 1. The van der Waals surface area contributed by atoms with Crippen LogP contribution < -0.4 is 0 Å². The maximum atomic E-state index is 12.6. The van der Waals surface area contributed by atoms with Crippen molar-refractivity contribution in [3.8, 4) is 0 Å². The number of ether oxygens (including phenoxy) is 1. The average molecular weight is 376 g/mol. The molecule has 1 aliphatic heterocycles. The second-order valence-electron chi connectivity index (χ2n) is 4.91. The van der Waals surface area contributed by atoms with Crippen molar-refractivity contribution < 1.29 is 17.9 Å². The molecule has 1 heterocycles. The van der Waals surface area contributed by atoms with Crippen LogP contribution in [0.2, 0.25) is 0 Å². The van der Waals surface area contributed by atoms with Gasteiger partial charge in [0.15, 0.2) is 0 Å². The lowest BCUT2D eigenvalue weighted by molar-refractivity contribution is -0.149. The quantitative estimate of drug-likeness (QED) is 0.758. The Balaban J connectivity index is 2.18. The van der Waals surface area contributed by atoms with E-state index >= 15 is 0 Å². The van der Waals surface area contributed by atoms with Gasteiger partial charge >= 0.3 is 5.97 Å². The first-order valence-corrected chi connectivity index (χ1v) is 9.11. The van der Waals surface area contributed by atoms with Crippen molar-refractivity contribution in [2.24, 2.45) is 5.92 Å². The summed E-state index contributed by atoms with van der Waals surface area (Å²) in [5.74, 6) is -0.688. The molecule has 1 saturated heterocycles. The molecule has 0 spiro atoms. The van der Waals surface area contributed by atoms with Gasteiger partial charge in [0.05, 0.1) is 17.4 Å². The fourth-order valence-electron chi connectivity index (χ4n) is 2.39. The Kier molecular flexibility index (Phi) is 5.40. The van der Waals surface area contributed by atoms with E-state index in [0.717, 1.165) is 0 Å². The highest BCUT2D eigenvalue weighted by Crippen LogP contribution is 2.25. The van der Waals surface area contributed by atoms with E-state index < -0.39 is 10.0 Å². The van der Waals surface area contributed by atoms with Crippen molar-refractivity contribution in [3.05, 3.63) is 28.7 Å². The molecular formula is C14H18BrNO4S. The molecule has 1 atom stereocenters. The zero-order valence-electron chi connectivity index (χ0n) is 11.8. The lowest BCUT2D eigenvalue weighted by atomic mass is 10.0. The molecule has 0 radical (unpaired) electrons. The summed E-state index contributed by atoms with van der Waals surface area (Å²) < 4.78 is 32.3.